The molecule has 112 valence electrons. The van der Waals surface area contributed by atoms with E-state index in [1.807, 2.05) is 4.90 Å². The largest absolute Gasteiger partial charge is 0.340 e. The van der Waals surface area contributed by atoms with Gasteiger partial charge in [0.2, 0.25) is 5.91 Å². The summed E-state index contributed by atoms with van der Waals surface area (Å²) in [7, 11) is 4.11. The van der Waals surface area contributed by atoms with Crippen LogP contribution in [0.1, 0.15) is 20.3 Å². The molecule has 0 bridgehead atoms. The van der Waals surface area contributed by atoms with Crippen molar-refractivity contribution >= 4 is 5.91 Å². The molecule has 0 radical (unpaired) electrons. The molecule has 0 saturated carbocycles. The molecule has 0 aromatic rings. The lowest BCUT2D eigenvalue weighted by Crippen LogP contribution is -2.51. The first-order chi connectivity index (χ1) is 9.00. The number of nitrogens with one attached hydrogen (secondary N) is 1. The normalized spacial score (nSPS) is 17.5. The fourth-order valence-electron chi connectivity index (χ4n) is 2.27. The van der Waals surface area contributed by atoms with E-state index in [0.29, 0.717) is 18.4 Å². The van der Waals surface area contributed by atoms with E-state index in [9.17, 15) is 4.79 Å². The Labute approximate surface area is 117 Å². The monoisotopic (exact) mass is 270 g/mol. The number of carbonyl (C=O) groups excluding carboxylic acids is 1. The zero-order valence-corrected chi connectivity index (χ0v) is 13.0. The molecule has 0 aromatic carbocycles. The zero-order chi connectivity index (χ0) is 14.3. The molecule has 0 aliphatic carbocycles. The highest BCUT2D eigenvalue weighted by atomic mass is 16.2. The van der Waals surface area contributed by atoms with Crippen molar-refractivity contribution in [1.82, 2.24) is 20.0 Å². The number of nitrogens with zero attached hydrogens (tertiary/aromatic N) is 3. The fourth-order valence-corrected chi connectivity index (χ4v) is 2.27. The minimum absolute atomic E-state index is 0.292. The summed E-state index contributed by atoms with van der Waals surface area (Å²) in [5, 5.41) is 3.31. The van der Waals surface area contributed by atoms with Gasteiger partial charge in [0.1, 0.15) is 0 Å². The number of hydrogen-bond donors (Lipinski definition) is 1. The third kappa shape index (κ3) is 6.36. The Bertz CT molecular complexity index is 260. The molecule has 5 nitrogen and oxygen atoms in total. The second-order valence-electron chi connectivity index (χ2n) is 5.81. The van der Waals surface area contributed by atoms with Gasteiger partial charge >= 0.3 is 0 Å². The molecule has 1 saturated heterocycles. The van der Waals surface area contributed by atoms with E-state index in [1.54, 1.807) is 0 Å². The molecule has 1 rings (SSSR count). The van der Waals surface area contributed by atoms with E-state index in [4.69, 9.17) is 0 Å². The summed E-state index contributed by atoms with van der Waals surface area (Å²) in [4.78, 5) is 18.6. The topological polar surface area (TPSA) is 38.8 Å². The van der Waals surface area contributed by atoms with Crippen LogP contribution < -0.4 is 5.32 Å². The van der Waals surface area contributed by atoms with Crippen LogP contribution in [-0.4, -0.2) is 86.6 Å². The van der Waals surface area contributed by atoms with Gasteiger partial charge in [0.25, 0.3) is 0 Å². The van der Waals surface area contributed by atoms with Crippen molar-refractivity contribution < 1.29 is 4.79 Å². The van der Waals surface area contributed by atoms with E-state index in [-0.39, 0.29) is 0 Å². The summed E-state index contributed by atoms with van der Waals surface area (Å²) < 4.78 is 0. The molecule has 0 aromatic heterocycles. The molecule has 1 aliphatic heterocycles. The van der Waals surface area contributed by atoms with Crippen molar-refractivity contribution in [1.29, 1.82) is 0 Å². The van der Waals surface area contributed by atoms with Crippen LogP contribution in [0.4, 0.5) is 0 Å². The van der Waals surface area contributed by atoms with Gasteiger partial charge in [0, 0.05) is 58.3 Å². The van der Waals surface area contributed by atoms with Gasteiger partial charge in [0.05, 0.1) is 0 Å². The maximum atomic E-state index is 12.0. The Morgan fingerprint density at radius 3 is 2.32 bits per heavy atom. The number of piperazine rings is 1. The Morgan fingerprint density at radius 2 is 1.79 bits per heavy atom. The molecule has 1 fully saturated rings. The van der Waals surface area contributed by atoms with Crippen LogP contribution in [0.2, 0.25) is 0 Å². The lowest BCUT2D eigenvalue weighted by atomic mass is 10.2. The van der Waals surface area contributed by atoms with E-state index < -0.39 is 0 Å². The molecular weight excluding hydrogens is 240 g/mol. The summed E-state index contributed by atoms with van der Waals surface area (Å²) in [6.45, 7) is 11.0. The molecule has 1 amide bonds. The zero-order valence-electron chi connectivity index (χ0n) is 13.0. The summed E-state index contributed by atoms with van der Waals surface area (Å²) in [6.07, 6.45) is 0.620. The third-order valence-electron chi connectivity index (χ3n) is 3.65. The van der Waals surface area contributed by atoms with Gasteiger partial charge in [-0.15, -0.1) is 0 Å². The van der Waals surface area contributed by atoms with E-state index in [2.05, 4.69) is 43.1 Å². The average molecular weight is 270 g/mol. The van der Waals surface area contributed by atoms with Crippen LogP contribution in [0.25, 0.3) is 0 Å². The van der Waals surface area contributed by atoms with E-state index in [0.717, 1.165) is 45.8 Å². The molecule has 19 heavy (non-hydrogen) atoms. The van der Waals surface area contributed by atoms with Crippen molar-refractivity contribution in [3.05, 3.63) is 0 Å². The van der Waals surface area contributed by atoms with Crippen LogP contribution in [0.15, 0.2) is 0 Å². The molecule has 0 atom stereocenters. The maximum absolute atomic E-state index is 12.0. The summed E-state index contributed by atoms with van der Waals surface area (Å²) in [6, 6.07) is 0.588. The van der Waals surface area contributed by atoms with Crippen molar-refractivity contribution in [3.8, 4) is 0 Å². The quantitative estimate of drug-likeness (QED) is 0.665. The first-order valence-corrected chi connectivity index (χ1v) is 7.38. The highest BCUT2D eigenvalue weighted by molar-refractivity contribution is 5.76. The Kier molecular flexibility index (Phi) is 7.34. The van der Waals surface area contributed by atoms with Crippen molar-refractivity contribution in [3.63, 3.8) is 0 Å². The van der Waals surface area contributed by atoms with Gasteiger partial charge in [-0.2, -0.15) is 0 Å². The van der Waals surface area contributed by atoms with Crippen LogP contribution in [-0.2, 0) is 4.79 Å². The number of amides is 1. The molecular formula is C14H30N4O. The average Bonchev–Trinajstić information content (AvgIpc) is 2.37. The molecule has 1 aliphatic rings. The van der Waals surface area contributed by atoms with Crippen molar-refractivity contribution in [2.45, 2.75) is 26.3 Å². The van der Waals surface area contributed by atoms with E-state index in [1.165, 1.54) is 0 Å². The second-order valence-corrected chi connectivity index (χ2v) is 5.81. The number of hydrogen-bond acceptors (Lipinski definition) is 4. The minimum Gasteiger partial charge on any atom is -0.340 e. The molecule has 0 spiro atoms. The van der Waals surface area contributed by atoms with Crippen LogP contribution in [0, 0.1) is 0 Å². The van der Waals surface area contributed by atoms with Gasteiger partial charge in [-0.1, -0.05) is 0 Å². The third-order valence-corrected chi connectivity index (χ3v) is 3.65. The lowest BCUT2D eigenvalue weighted by Gasteiger charge is -2.37. The molecule has 1 heterocycles. The van der Waals surface area contributed by atoms with Crippen LogP contribution in [0.3, 0.4) is 0 Å². The number of likely N-dealkylation sites (N-methyl/N-ethyl adjacent to an activating group) is 1. The number of carbonyl (C=O) groups is 1. The second kappa shape index (κ2) is 8.51. The molecule has 5 heteroatoms. The molecule has 1 N–H and O–H groups in total. The van der Waals surface area contributed by atoms with Gasteiger partial charge in [-0.25, -0.2) is 0 Å². The van der Waals surface area contributed by atoms with Gasteiger partial charge in [-0.05, 0) is 27.9 Å². The molecule has 0 unspecified atom stereocenters. The van der Waals surface area contributed by atoms with Gasteiger partial charge in [0.15, 0.2) is 0 Å². The maximum Gasteiger partial charge on any atom is 0.223 e. The Morgan fingerprint density at radius 1 is 1.16 bits per heavy atom. The predicted molar refractivity (Wildman–Crippen MR) is 79.3 cm³/mol. The SMILES string of the molecule is CC(C)N1CCN(C(=O)CCNCCN(C)C)CC1. The minimum atomic E-state index is 0.292. The smallest absolute Gasteiger partial charge is 0.223 e. The summed E-state index contributed by atoms with van der Waals surface area (Å²) in [5.74, 6) is 0.292. The van der Waals surface area contributed by atoms with Crippen LogP contribution in [0.5, 0.6) is 0 Å². The lowest BCUT2D eigenvalue weighted by molar-refractivity contribution is -0.133. The van der Waals surface area contributed by atoms with E-state index >= 15 is 0 Å². The fraction of sp³-hybridized carbons (Fsp3) is 0.929. The summed E-state index contributed by atoms with van der Waals surface area (Å²) in [5.41, 5.74) is 0. The van der Waals surface area contributed by atoms with Crippen LogP contribution >= 0.6 is 0 Å². The number of rotatable bonds is 7. The first kappa shape index (κ1) is 16.4. The van der Waals surface area contributed by atoms with Crippen molar-refractivity contribution in [2.24, 2.45) is 0 Å². The van der Waals surface area contributed by atoms with Crippen molar-refractivity contribution in [2.75, 3.05) is 59.9 Å². The summed E-state index contributed by atoms with van der Waals surface area (Å²) >= 11 is 0. The van der Waals surface area contributed by atoms with Gasteiger partial charge in [-0.3, -0.25) is 9.69 Å². The highest BCUT2D eigenvalue weighted by Gasteiger charge is 2.21. The Balaban J connectivity index is 2.11. The highest BCUT2D eigenvalue weighted by Crippen LogP contribution is 2.06. The first-order valence-electron chi connectivity index (χ1n) is 7.38. The predicted octanol–water partition coefficient (Wildman–Crippen LogP) is 0.0803. The van der Waals surface area contributed by atoms with Gasteiger partial charge < -0.3 is 15.1 Å². The standard InChI is InChI=1S/C14H30N4O/c1-13(2)17-9-11-18(12-10-17)14(19)5-6-15-7-8-16(3)4/h13,15H,5-12H2,1-4H3. The Hall–Kier alpha value is -0.650.